The van der Waals surface area contributed by atoms with E-state index in [2.05, 4.69) is 25.1 Å². The average Bonchev–Trinajstić information content (AvgIpc) is 2.12. The summed E-state index contributed by atoms with van der Waals surface area (Å²) in [6, 6.07) is 8.34. The van der Waals surface area contributed by atoms with Crippen LogP contribution in [0.4, 0.5) is 0 Å². The minimum atomic E-state index is -0.208. The quantitative estimate of drug-likeness (QED) is 0.704. The number of aliphatic hydroxyl groups is 1. The molecule has 0 amide bonds. The first kappa shape index (κ1) is 8.56. The Balaban J connectivity index is 2.42. The Hall–Kier alpha value is -0.0304. The van der Waals surface area contributed by atoms with E-state index in [1.807, 2.05) is 6.07 Å². The molecule has 0 saturated heterocycles. The molecule has 1 aromatic rings. The van der Waals surface area contributed by atoms with Crippen molar-refractivity contribution < 1.29 is 5.11 Å². The van der Waals surface area contributed by atoms with Crippen molar-refractivity contribution in [2.45, 2.75) is 17.5 Å². The predicted octanol–water partition coefficient (Wildman–Crippen LogP) is 1.12. The van der Waals surface area contributed by atoms with E-state index in [1.54, 1.807) is 0 Å². The van der Waals surface area contributed by atoms with Gasteiger partial charge in [-0.2, -0.15) is 0 Å². The number of benzene rings is 1. The fourth-order valence-electron chi connectivity index (χ4n) is 1.48. The van der Waals surface area contributed by atoms with E-state index in [0.717, 1.165) is 0 Å². The molecule has 0 spiro atoms. The minimum absolute atomic E-state index is 0.00549. The van der Waals surface area contributed by atoms with Crippen molar-refractivity contribution in [1.29, 1.82) is 0 Å². The van der Waals surface area contributed by atoms with Crippen LogP contribution in [-0.2, 0) is 0 Å². The van der Waals surface area contributed by atoms with Gasteiger partial charge in [-0.15, -0.1) is 0 Å². The second-order valence-corrected chi connectivity index (χ2v) is 6.30. The third kappa shape index (κ3) is 1.40. The van der Waals surface area contributed by atoms with E-state index in [1.165, 1.54) is 13.6 Å². The van der Waals surface area contributed by atoms with Gasteiger partial charge in [0, 0.05) is 0 Å². The SMILES string of the molecule is CC1C[Te]c2ccccc2C1O. The molecule has 0 aromatic heterocycles. The Labute approximate surface area is 82.9 Å². The number of hydrogen-bond donors (Lipinski definition) is 1. The van der Waals surface area contributed by atoms with Gasteiger partial charge in [0.2, 0.25) is 0 Å². The van der Waals surface area contributed by atoms with E-state index in [9.17, 15) is 5.11 Å². The van der Waals surface area contributed by atoms with Gasteiger partial charge >= 0.3 is 82.9 Å². The van der Waals surface area contributed by atoms with Gasteiger partial charge < -0.3 is 0 Å². The van der Waals surface area contributed by atoms with Crippen LogP contribution in [0.15, 0.2) is 24.3 Å². The number of rotatable bonds is 0. The van der Waals surface area contributed by atoms with Gasteiger partial charge in [-0.3, -0.25) is 0 Å². The summed E-state index contributed by atoms with van der Waals surface area (Å²) in [6.45, 7) is 2.14. The summed E-state index contributed by atoms with van der Waals surface area (Å²) in [5.74, 6) is 0.474. The zero-order valence-electron chi connectivity index (χ0n) is 7.03. The van der Waals surface area contributed by atoms with Crippen LogP contribution in [0, 0.1) is 5.92 Å². The van der Waals surface area contributed by atoms with Gasteiger partial charge in [0.15, 0.2) is 0 Å². The topological polar surface area (TPSA) is 20.2 Å². The Kier molecular flexibility index (Phi) is 2.41. The molecular formula is C10H12OTe. The maximum absolute atomic E-state index is 9.85. The molecule has 1 heterocycles. The maximum atomic E-state index is 9.85. The van der Waals surface area contributed by atoms with Crippen LogP contribution in [0.5, 0.6) is 0 Å². The van der Waals surface area contributed by atoms with E-state index in [0.29, 0.717) is 5.92 Å². The number of hydrogen-bond acceptors (Lipinski definition) is 1. The molecular weight excluding hydrogens is 264 g/mol. The van der Waals surface area contributed by atoms with Crippen molar-refractivity contribution in [3.05, 3.63) is 29.8 Å². The van der Waals surface area contributed by atoms with Crippen molar-refractivity contribution in [3.8, 4) is 0 Å². The summed E-state index contributed by atoms with van der Waals surface area (Å²) in [7, 11) is 0. The summed E-state index contributed by atoms with van der Waals surface area (Å²) < 4.78 is 2.69. The van der Waals surface area contributed by atoms with Crippen LogP contribution in [-0.4, -0.2) is 26.0 Å². The molecule has 2 rings (SSSR count). The monoisotopic (exact) mass is 278 g/mol. The molecule has 2 atom stereocenters. The first-order valence-electron chi connectivity index (χ1n) is 4.19. The van der Waals surface area contributed by atoms with E-state index in [4.69, 9.17) is 0 Å². The van der Waals surface area contributed by atoms with Crippen molar-refractivity contribution >= 4 is 24.5 Å². The normalized spacial score (nSPS) is 28.2. The Morgan fingerprint density at radius 2 is 2.17 bits per heavy atom. The molecule has 2 heteroatoms. The molecule has 1 nitrogen and oxygen atoms in total. The molecule has 0 bridgehead atoms. The van der Waals surface area contributed by atoms with Crippen molar-refractivity contribution in [3.63, 3.8) is 0 Å². The molecule has 12 heavy (non-hydrogen) atoms. The third-order valence-electron chi connectivity index (χ3n) is 2.28. The molecule has 0 fully saturated rings. The van der Waals surface area contributed by atoms with E-state index >= 15 is 0 Å². The Bertz CT molecular complexity index is 285. The van der Waals surface area contributed by atoms with Gasteiger partial charge in [0.1, 0.15) is 0 Å². The molecule has 0 aliphatic carbocycles. The molecule has 1 aromatic carbocycles. The molecule has 64 valence electrons. The van der Waals surface area contributed by atoms with Gasteiger partial charge in [0.25, 0.3) is 0 Å². The van der Waals surface area contributed by atoms with Crippen LogP contribution in [0.3, 0.4) is 0 Å². The Morgan fingerprint density at radius 1 is 1.42 bits per heavy atom. The summed E-state index contributed by atoms with van der Waals surface area (Å²) in [6.07, 6.45) is -0.208. The fourth-order valence-corrected chi connectivity index (χ4v) is 4.77. The molecule has 1 aliphatic heterocycles. The van der Waals surface area contributed by atoms with Crippen LogP contribution in [0.1, 0.15) is 18.6 Å². The standard InChI is InChI=1S/C10H12OTe/c1-7-6-12-9-5-3-2-4-8(9)10(7)11/h2-5,7,10-11H,6H2,1H3. The number of aliphatic hydroxyl groups excluding tert-OH is 1. The van der Waals surface area contributed by atoms with Gasteiger partial charge in [-0.05, 0) is 0 Å². The van der Waals surface area contributed by atoms with Crippen molar-refractivity contribution in [1.82, 2.24) is 0 Å². The number of fused-ring (bicyclic) bond motifs is 1. The second kappa shape index (κ2) is 3.38. The zero-order chi connectivity index (χ0) is 8.55. The molecule has 0 saturated carbocycles. The van der Waals surface area contributed by atoms with Crippen LogP contribution in [0.2, 0.25) is 4.47 Å². The van der Waals surface area contributed by atoms with Gasteiger partial charge in [-0.25, -0.2) is 0 Å². The van der Waals surface area contributed by atoms with Crippen molar-refractivity contribution in [2.75, 3.05) is 0 Å². The molecule has 1 aliphatic rings. The molecule has 2 unspecified atom stereocenters. The summed E-state index contributed by atoms with van der Waals surface area (Å²) in [5, 5.41) is 9.85. The first-order chi connectivity index (χ1) is 5.79. The van der Waals surface area contributed by atoms with Crippen LogP contribution in [0.25, 0.3) is 0 Å². The van der Waals surface area contributed by atoms with E-state index < -0.39 is 0 Å². The summed E-state index contributed by atoms with van der Waals surface area (Å²) in [4.78, 5) is 0. The molecule has 0 radical (unpaired) electrons. The average molecular weight is 276 g/mol. The third-order valence-corrected chi connectivity index (χ3v) is 6.20. The fraction of sp³-hybridized carbons (Fsp3) is 0.400. The van der Waals surface area contributed by atoms with Crippen LogP contribution >= 0.6 is 0 Å². The first-order valence-corrected chi connectivity index (χ1v) is 7.00. The molecule has 1 N–H and O–H groups in total. The zero-order valence-corrected chi connectivity index (χ0v) is 9.36. The van der Waals surface area contributed by atoms with Crippen LogP contribution < -0.4 is 3.61 Å². The summed E-state index contributed by atoms with van der Waals surface area (Å²) >= 11 is -0.00549. The second-order valence-electron chi connectivity index (χ2n) is 3.27. The van der Waals surface area contributed by atoms with E-state index in [-0.39, 0.29) is 27.0 Å². The summed E-state index contributed by atoms with van der Waals surface area (Å²) in [5.41, 5.74) is 1.19. The Morgan fingerprint density at radius 3 is 3.00 bits per heavy atom. The predicted molar refractivity (Wildman–Crippen MR) is 50.8 cm³/mol. The van der Waals surface area contributed by atoms with Gasteiger partial charge in [0.05, 0.1) is 0 Å². The van der Waals surface area contributed by atoms with Gasteiger partial charge in [-0.1, -0.05) is 0 Å². The van der Waals surface area contributed by atoms with Crippen molar-refractivity contribution in [2.24, 2.45) is 5.92 Å².